The highest BCUT2D eigenvalue weighted by Crippen LogP contribution is 2.27. The predicted molar refractivity (Wildman–Crippen MR) is 76.3 cm³/mol. The van der Waals surface area contributed by atoms with E-state index in [1.165, 1.54) is 11.3 Å². The molecular weight excluding hydrogens is 270 g/mol. The van der Waals surface area contributed by atoms with E-state index in [-0.39, 0.29) is 36.2 Å². The minimum absolute atomic E-state index is 0.0418. The van der Waals surface area contributed by atoms with Crippen LogP contribution in [0, 0.1) is 0 Å². The average Bonchev–Trinajstić information content (AvgIpc) is 3.01. The molecule has 0 radical (unpaired) electrons. The highest BCUT2D eigenvalue weighted by molar-refractivity contribution is 6.05. The molecule has 21 heavy (non-hydrogen) atoms. The van der Waals surface area contributed by atoms with Crippen molar-refractivity contribution in [3.63, 3.8) is 0 Å². The van der Waals surface area contributed by atoms with Gasteiger partial charge in [-0.1, -0.05) is 19.3 Å². The molecule has 2 N–H and O–H groups in total. The monoisotopic (exact) mass is 293 g/mol. The predicted octanol–water partition coefficient (Wildman–Crippen LogP) is 0.315. The Morgan fingerprint density at radius 3 is 2.52 bits per heavy atom. The standard InChI is InChI=1S/C15H23N3O3/c19-13-7-6-10(17-13)9-16-12-8-14(20)18(15(12)21)11-4-2-1-3-5-11/h10-12,16H,1-9H2,(H,17,19). The van der Waals surface area contributed by atoms with Gasteiger partial charge in [0, 0.05) is 25.0 Å². The van der Waals surface area contributed by atoms with Gasteiger partial charge in [-0.3, -0.25) is 19.3 Å². The Labute approximate surface area is 124 Å². The Morgan fingerprint density at radius 2 is 1.86 bits per heavy atom. The number of nitrogens with zero attached hydrogens (tertiary/aromatic N) is 1. The van der Waals surface area contributed by atoms with Crippen molar-refractivity contribution in [2.75, 3.05) is 6.54 Å². The van der Waals surface area contributed by atoms with Crippen LogP contribution >= 0.6 is 0 Å². The quantitative estimate of drug-likeness (QED) is 0.732. The second kappa shape index (κ2) is 6.13. The summed E-state index contributed by atoms with van der Waals surface area (Å²) in [5, 5.41) is 6.03. The lowest BCUT2D eigenvalue weighted by atomic mass is 9.94. The van der Waals surface area contributed by atoms with E-state index in [1.54, 1.807) is 0 Å². The highest BCUT2D eigenvalue weighted by atomic mass is 16.2. The molecule has 0 bridgehead atoms. The molecule has 0 spiro atoms. The zero-order valence-corrected chi connectivity index (χ0v) is 12.3. The lowest BCUT2D eigenvalue weighted by Gasteiger charge is -2.29. The third kappa shape index (κ3) is 3.10. The zero-order chi connectivity index (χ0) is 14.8. The van der Waals surface area contributed by atoms with Crippen molar-refractivity contribution in [1.29, 1.82) is 0 Å². The average molecular weight is 293 g/mol. The molecule has 116 valence electrons. The first kappa shape index (κ1) is 14.5. The van der Waals surface area contributed by atoms with Crippen LogP contribution in [-0.4, -0.2) is 47.3 Å². The van der Waals surface area contributed by atoms with Crippen LogP contribution in [0.5, 0.6) is 0 Å². The van der Waals surface area contributed by atoms with E-state index in [0.29, 0.717) is 13.0 Å². The maximum atomic E-state index is 12.4. The second-order valence-electron chi connectivity index (χ2n) is 6.36. The van der Waals surface area contributed by atoms with Crippen molar-refractivity contribution in [2.45, 2.75) is 69.5 Å². The van der Waals surface area contributed by atoms with Crippen molar-refractivity contribution in [2.24, 2.45) is 0 Å². The third-order valence-corrected chi connectivity index (χ3v) is 4.82. The van der Waals surface area contributed by atoms with E-state index in [1.807, 2.05) is 0 Å². The molecule has 2 atom stereocenters. The van der Waals surface area contributed by atoms with Gasteiger partial charge in [-0.25, -0.2) is 0 Å². The third-order valence-electron chi connectivity index (χ3n) is 4.82. The maximum absolute atomic E-state index is 12.4. The smallest absolute Gasteiger partial charge is 0.247 e. The summed E-state index contributed by atoms with van der Waals surface area (Å²) < 4.78 is 0. The molecule has 0 aromatic carbocycles. The van der Waals surface area contributed by atoms with E-state index in [9.17, 15) is 14.4 Å². The molecule has 0 aromatic heterocycles. The SMILES string of the molecule is O=C1CCC(CNC2CC(=O)N(C3CCCCC3)C2=O)N1. The lowest BCUT2D eigenvalue weighted by Crippen LogP contribution is -2.47. The largest absolute Gasteiger partial charge is 0.352 e. The minimum atomic E-state index is -0.406. The first-order valence-electron chi connectivity index (χ1n) is 8.04. The van der Waals surface area contributed by atoms with Crippen LogP contribution in [0.4, 0.5) is 0 Å². The summed E-state index contributed by atoms with van der Waals surface area (Å²) in [6.45, 7) is 0.563. The van der Waals surface area contributed by atoms with Gasteiger partial charge < -0.3 is 10.6 Å². The summed E-state index contributed by atoms with van der Waals surface area (Å²) in [4.78, 5) is 37.2. The number of hydrogen-bond acceptors (Lipinski definition) is 4. The van der Waals surface area contributed by atoms with Crippen molar-refractivity contribution < 1.29 is 14.4 Å². The molecule has 0 aromatic rings. The number of rotatable bonds is 4. The molecule has 2 unspecified atom stereocenters. The Bertz CT molecular complexity index is 445. The number of nitrogens with one attached hydrogen (secondary N) is 2. The van der Waals surface area contributed by atoms with Crippen LogP contribution in [0.3, 0.4) is 0 Å². The summed E-state index contributed by atoms with van der Waals surface area (Å²) in [7, 11) is 0. The molecule has 2 saturated heterocycles. The van der Waals surface area contributed by atoms with Crippen molar-refractivity contribution >= 4 is 17.7 Å². The fourth-order valence-electron chi connectivity index (χ4n) is 3.65. The molecule has 3 aliphatic rings. The molecular formula is C15H23N3O3. The molecule has 3 rings (SSSR count). The van der Waals surface area contributed by atoms with Gasteiger partial charge in [-0.2, -0.15) is 0 Å². The van der Waals surface area contributed by atoms with E-state index in [2.05, 4.69) is 10.6 Å². The normalized spacial score (nSPS) is 31.0. The fraction of sp³-hybridized carbons (Fsp3) is 0.800. The van der Waals surface area contributed by atoms with Gasteiger partial charge in [0.25, 0.3) is 0 Å². The Kier molecular flexibility index (Phi) is 4.24. The number of likely N-dealkylation sites (tertiary alicyclic amines) is 1. The highest BCUT2D eigenvalue weighted by Gasteiger charge is 2.42. The topological polar surface area (TPSA) is 78.5 Å². The van der Waals surface area contributed by atoms with Gasteiger partial charge in [0.1, 0.15) is 0 Å². The minimum Gasteiger partial charge on any atom is -0.352 e. The molecule has 2 aliphatic heterocycles. The summed E-state index contributed by atoms with van der Waals surface area (Å²) in [5.74, 6) is -0.0458. The zero-order valence-electron chi connectivity index (χ0n) is 12.3. The van der Waals surface area contributed by atoms with Gasteiger partial charge in [0.05, 0.1) is 12.5 Å². The Morgan fingerprint density at radius 1 is 1.10 bits per heavy atom. The second-order valence-corrected chi connectivity index (χ2v) is 6.36. The van der Waals surface area contributed by atoms with Gasteiger partial charge >= 0.3 is 0 Å². The summed E-state index contributed by atoms with van der Waals surface area (Å²) >= 11 is 0. The van der Waals surface area contributed by atoms with Crippen LogP contribution in [-0.2, 0) is 14.4 Å². The number of amides is 3. The molecule has 3 amide bonds. The van der Waals surface area contributed by atoms with Crippen molar-refractivity contribution in [3.8, 4) is 0 Å². The van der Waals surface area contributed by atoms with E-state index < -0.39 is 6.04 Å². The van der Waals surface area contributed by atoms with Crippen molar-refractivity contribution in [1.82, 2.24) is 15.5 Å². The van der Waals surface area contributed by atoms with E-state index in [0.717, 1.165) is 32.1 Å². The van der Waals surface area contributed by atoms with Crippen LogP contribution in [0.15, 0.2) is 0 Å². The maximum Gasteiger partial charge on any atom is 0.247 e. The number of imide groups is 1. The van der Waals surface area contributed by atoms with Crippen LogP contribution in [0.1, 0.15) is 51.4 Å². The first-order valence-corrected chi connectivity index (χ1v) is 8.04. The summed E-state index contributed by atoms with van der Waals surface area (Å²) in [5.41, 5.74) is 0. The Balaban J connectivity index is 1.54. The van der Waals surface area contributed by atoms with E-state index >= 15 is 0 Å². The Hall–Kier alpha value is -1.43. The number of hydrogen-bond donors (Lipinski definition) is 2. The summed E-state index contributed by atoms with van der Waals surface area (Å²) in [6.07, 6.45) is 6.92. The van der Waals surface area contributed by atoms with Crippen LogP contribution < -0.4 is 10.6 Å². The van der Waals surface area contributed by atoms with Gasteiger partial charge in [0.15, 0.2) is 0 Å². The van der Waals surface area contributed by atoms with Gasteiger partial charge in [-0.05, 0) is 19.3 Å². The van der Waals surface area contributed by atoms with Crippen LogP contribution in [0.2, 0.25) is 0 Å². The fourth-order valence-corrected chi connectivity index (χ4v) is 3.65. The van der Waals surface area contributed by atoms with Gasteiger partial charge in [0.2, 0.25) is 17.7 Å². The molecule has 6 heteroatoms. The van der Waals surface area contributed by atoms with Crippen molar-refractivity contribution in [3.05, 3.63) is 0 Å². The number of carbonyl (C=O) groups is 3. The molecule has 3 fully saturated rings. The van der Waals surface area contributed by atoms with E-state index in [4.69, 9.17) is 0 Å². The van der Waals surface area contributed by atoms with Crippen LogP contribution in [0.25, 0.3) is 0 Å². The van der Waals surface area contributed by atoms with Gasteiger partial charge in [-0.15, -0.1) is 0 Å². The summed E-state index contributed by atoms with van der Waals surface area (Å²) in [6, 6.07) is -0.210. The first-order chi connectivity index (χ1) is 10.1. The molecule has 2 heterocycles. The molecule has 1 saturated carbocycles. The molecule has 6 nitrogen and oxygen atoms in total. The molecule has 1 aliphatic carbocycles. The lowest BCUT2D eigenvalue weighted by molar-refractivity contribution is -0.142. The number of carbonyl (C=O) groups excluding carboxylic acids is 3.